The van der Waals surface area contributed by atoms with Crippen LogP contribution in [0.3, 0.4) is 0 Å². The lowest BCUT2D eigenvalue weighted by Gasteiger charge is -2.22. The van der Waals surface area contributed by atoms with E-state index in [1.54, 1.807) is 0 Å². The van der Waals surface area contributed by atoms with Gasteiger partial charge in [-0.2, -0.15) is 0 Å². The molecule has 1 aromatic carbocycles. The molecule has 88 valence electrons. The zero-order valence-corrected chi connectivity index (χ0v) is 10.9. The van der Waals surface area contributed by atoms with Gasteiger partial charge in [0, 0.05) is 0 Å². The van der Waals surface area contributed by atoms with Crippen LogP contribution in [0.15, 0.2) is 16.6 Å². The molecule has 1 atom stereocenters. The summed E-state index contributed by atoms with van der Waals surface area (Å²) in [7, 11) is 0. The third kappa shape index (κ3) is 2.18. The van der Waals surface area contributed by atoms with Crippen LogP contribution in [-0.4, -0.2) is 19.8 Å². The quantitative estimate of drug-likeness (QED) is 0.929. The van der Waals surface area contributed by atoms with Crippen molar-refractivity contribution in [2.45, 2.75) is 19.3 Å². The van der Waals surface area contributed by atoms with E-state index in [1.165, 1.54) is 5.56 Å². The molecule has 1 aromatic rings. The Morgan fingerprint density at radius 2 is 2.12 bits per heavy atom. The number of halogens is 1. The Labute approximate surface area is 104 Å². The van der Waals surface area contributed by atoms with Crippen molar-refractivity contribution in [3.8, 4) is 11.5 Å². The van der Waals surface area contributed by atoms with E-state index >= 15 is 0 Å². The second kappa shape index (κ2) is 5.06. The highest BCUT2D eigenvalue weighted by molar-refractivity contribution is 9.10. The number of fused-ring (bicyclic) bond motifs is 1. The Morgan fingerprint density at radius 3 is 2.88 bits per heavy atom. The van der Waals surface area contributed by atoms with Crippen molar-refractivity contribution in [2.75, 3.05) is 19.8 Å². The van der Waals surface area contributed by atoms with E-state index in [2.05, 4.69) is 28.9 Å². The molecule has 0 aliphatic carbocycles. The van der Waals surface area contributed by atoms with Crippen molar-refractivity contribution in [1.82, 2.24) is 0 Å². The zero-order valence-electron chi connectivity index (χ0n) is 9.33. The number of hydrogen-bond donors (Lipinski definition) is 1. The van der Waals surface area contributed by atoms with Crippen LogP contribution in [0.4, 0.5) is 0 Å². The first-order chi connectivity index (χ1) is 7.74. The Bertz CT molecular complexity index is 382. The van der Waals surface area contributed by atoms with Gasteiger partial charge in [0.05, 0.1) is 4.47 Å². The fourth-order valence-electron chi connectivity index (χ4n) is 1.88. The van der Waals surface area contributed by atoms with Crippen LogP contribution in [0.2, 0.25) is 0 Å². The number of nitrogens with two attached hydrogens (primary N) is 1. The van der Waals surface area contributed by atoms with Gasteiger partial charge in [0.2, 0.25) is 0 Å². The molecule has 0 spiro atoms. The molecular weight excluding hydrogens is 270 g/mol. The minimum Gasteiger partial charge on any atom is -0.486 e. The van der Waals surface area contributed by atoms with Crippen LogP contribution >= 0.6 is 15.9 Å². The Morgan fingerprint density at radius 1 is 1.38 bits per heavy atom. The van der Waals surface area contributed by atoms with Crippen LogP contribution in [-0.2, 0) is 0 Å². The maximum Gasteiger partial charge on any atom is 0.175 e. The van der Waals surface area contributed by atoms with Gasteiger partial charge in [0.25, 0.3) is 0 Å². The van der Waals surface area contributed by atoms with Crippen LogP contribution in [0.5, 0.6) is 11.5 Å². The molecule has 3 nitrogen and oxygen atoms in total. The van der Waals surface area contributed by atoms with E-state index in [9.17, 15) is 0 Å². The fraction of sp³-hybridized carbons (Fsp3) is 0.500. The van der Waals surface area contributed by atoms with Gasteiger partial charge in [-0.1, -0.05) is 13.0 Å². The summed E-state index contributed by atoms with van der Waals surface area (Å²) in [5, 5.41) is 0. The van der Waals surface area contributed by atoms with E-state index in [4.69, 9.17) is 15.2 Å². The molecule has 0 fully saturated rings. The Balaban J connectivity index is 2.33. The van der Waals surface area contributed by atoms with Gasteiger partial charge in [0.1, 0.15) is 13.2 Å². The van der Waals surface area contributed by atoms with Crippen LogP contribution in [0.25, 0.3) is 0 Å². The Hall–Kier alpha value is -0.740. The molecule has 0 saturated carbocycles. The van der Waals surface area contributed by atoms with Crippen molar-refractivity contribution in [3.63, 3.8) is 0 Å². The summed E-state index contributed by atoms with van der Waals surface area (Å²) in [6.07, 6.45) is 0.970. The van der Waals surface area contributed by atoms with Gasteiger partial charge in [-0.05, 0) is 46.4 Å². The zero-order chi connectivity index (χ0) is 11.5. The molecule has 16 heavy (non-hydrogen) atoms. The van der Waals surface area contributed by atoms with E-state index in [0.29, 0.717) is 25.7 Å². The fourth-order valence-corrected chi connectivity index (χ4v) is 2.72. The number of rotatable bonds is 3. The summed E-state index contributed by atoms with van der Waals surface area (Å²) in [5.74, 6) is 2.07. The predicted molar refractivity (Wildman–Crippen MR) is 67.2 cm³/mol. The van der Waals surface area contributed by atoms with Crippen LogP contribution < -0.4 is 15.2 Å². The molecule has 0 radical (unpaired) electrons. The van der Waals surface area contributed by atoms with Gasteiger partial charge in [-0.15, -0.1) is 0 Å². The SMILES string of the molecule is CC(CCN)c1ccc2c(c1Br)OCCO2. The number of ether oxygens (including phenoxy) is 2. The molecule has 1 aliphatic heterocycles. The first-order valence-electron chi connectivity index (χ1n) is 5.52. The minimum atomic E-state index is 0.426. The molecule has 2 rings (SSSR count). The van der Waals surface area contributed by atoms with Crippen molar-refractivity contribution in [2.24, 2.45) is 5.73 Å². The largest absolute Gasteiger partial charge is 0.486 e. The molecule has 4 heteroatoms. The average molecular weight is 286 g/mol. The maximum atomic E-state index is 5.62. The van der Waals surface area contributed by atoms with Gasteiger partial charge in [0.15, 0.2) is 11.5 Å². The van der Waals surface area contributed by atoms with Crippen molar-refractivity contribution in [3.05, 3.63) is 22.2 Å². The summed E-state index contributed by atoms with van der Waals surface area (Å²) in [6.45, 7) is 4.10. The average Bonchev–Trinajstić information content (AvgIpc) is 2.30. The van der Waals surface area contributed by atoms with Crippen molar-refractivity contribution < 1.29 is 9.47 Å². The molecule has 1 aliphatic rings. The molecule has 1 heterocycles. The smallest absolute Gasteiger partial charge is 0.175 e. The third-order valence-electron chi connectivity index (χ3n) is 2.81. The van der Waals surface area contributed by atoms with Gasteiger partial charge >= 0.3 is 0 Å². The van der Waals surface area contributed by atoms with Crippen LogP contribution in [0, 0.1) is 0 Å². The molecule has 0 aromatic heterocycles. The minimum absolute atomic E-state index is 0.426. The highest BCUT2D eigenvalue weighted by Gasteiger charge is 2.19. The van der Waals surface area contributed by atoms with Gasteiger partial charge in [-0.3, -0.25) is 0 Å². The van der Waals surface area contributed by atoms with E-state index in [-0.39, 0.29) is 0 Å². The third-order valence-corrected chi connectivity index (χ3v) is 3.63. The molecular formula is C12H16BrNO2. The van der Waals surface area contributed by atoms with E-state index in [0.717, 1.165) is 22.4 Å². The highest BCUT2D eigenvalue weighted by Crippen LogP contribution is 2.42. The monoisotopic (exact) mass is 285 g/mol. The molecule has 0 amide bonds. The standard InChI is InChI=1S/C12H16BrNO2/c1-8(4-5-14)9-2-3-10-12(11(9)13)16-7-6-15-10/h2-3,8H,4-7,14H2,1H3. The lowest BCUT2D eigenvalue weighted by Crippen LogP contribution is -2.16. The summed E-state index contributed by atoms with van der Waals surface area (Å²) < 4.78 is 12.1. The Kier molecular flexibility index (Phi) is 3.71. The number of benzene rings is 1. The first-order valence-corrected chi connectivity index (χ1v) is 6.31. The summed E-state index contributed by atoms with van der Waals surface area (Å²) in [6, 6.07) is 4.06. The highest BCUT2D eigenvalue weighted by atomic mass is 79.9. The first kappa shape index (κ1) is 11.7. The lowest BCUT2D eigenvalue weighted by molar-refractivity contribution is 0.170. The lowest BCUT2D eigenvalue weighted by atomic mass is 9.97. The molecule has 0 saturated heterocycles. The molecule has 1 unspecified atom stereocenters. The molecule has 2 N–H and O–H groups in total. The topological polar surface area (TPSA) is 44.5 Å². The summed E-state index contributed by atoms with van der Waals surface area (Å²) in [4.78, 5) is 0. The van der Waals surface area contributed by atoms with Crippen molar-refractivity contribution >= 4 is 15.9 Å². The van der Waals surface area contributed by atoms with Crippen LogP contribution in [0.1, 0.15) is 24.8 Å². The number of hydrogen-bond acceptors (Lipinski definition) is 3. The second-order valence-electron chi connectivity index (χ2n) is 3.97. The van der Waals surface area contributed by atoms with E-state index in [1.807, 2.05) is 6.07 Å². The normalized spacial score (nSPS) is 15.9. The molecule has 0 bridgehead atoms. The van der Waals surface area contributed by atoms with Gasteiger partial charge < -0.3 is 15.2 Å². The second-order valence-corrected chi connectivity index (χ2v) is 4.76. The van der Waals surface area contributed by atoms with Crippen molar-refractivity contribution in [1.29, 1.82) is 0 Å². The predicted octanol–water partition coefficient (Wildman–Crippen LogP) is 2.67. The summed E-state index contributed by atoms with van der Waals surface area (Å²) >= 11 is 3.59. The summed E-state index contributed by atoms with van der Waals surface area (Å²) in [5.41, 5.74) is 6.81. The van der Waals surface area contributed by atoms with E-state index < -0.39 is 0 Å². The maximum absolute atomic E-state index is 5.62. The van der Waals surface area contributed by atoms with Gasteiger partial charge in [-0.25, -0.2) is 0 Å².